The van der Waals surface area contributed by atoms with E-state index in [0.717, 1.165) is 64.7 Å². The molecular weight excluding hydrogens is 898 g/mol. The average Bonchev–Trinajstić information content (AvgIpc) is 3.63. The third-order valence-electron chi connectivity index (χ3n) is 18.1. The van der Waals surface area contributed by atoms with Gasteiger partial charge >= 0.3 is 0 Å². The van der Waals surface area contributed by atoms with E-state index < -0.39 is 0 Å². The van der Waals surface area contributed by atoms with Crippen molar-refractivity contribution >= 4 is 126 Å². The first-order valence-corrected chi connectivity index (χ1v) is 27.5. The van der Waals surface area contributed by atoms with Crippen LogP contribution in [0.5, 0.6) is 0 Å². The lowest BCUT2D eigenvalue weighted by atomic mass is 9.30. The van der Waals surface area contributed by atoms with Crippen LogP contribution in [-0.2, 0) is 25.7 Å². The fraction of sp³-hybridized carbons (Fsp3) is 0.182. The Balaban J connectivity index is 1.04. The van der Waals surface area contributed by atoms with Gasteiger partial charge in [-0.05, 0) is 173 Å². The van der Waals surface area contributed by atoms with Gasteiger partial charge in [0.1, 0.15) is 0 Å². The summed E-state index contributed by atoms with van der Waals surface area (Å²) in [6.45, 7) is 4.47. The van der Waals surface area contributed by atoms with E-state index in [4.69, 9.17) is 0 Å². The van der Waals surface area contributed by atoms with Gasteiger partial charge in [0.2, 0.25) is 0 Å². The van der Waals surface area contributed by atoms with E-state index in [9.17, 15) is 0 Å². The lowest BCUT2D eigenvalue weighted by molar-refractivity contribution is 0.635. The standard InChI is InChI=1S/C66H54B2N6/c1-5-21-43(22-6-1)71-55-35-15-13-33-51(55)67-53-41-54-58(42-57(53)73(45-25-9-3-10-26-45)65-49-31-19-39-69-37-17-29-47(61(49)69)63(71)59(65)67)74(46-27-11-4-12-28-46)66-50-32-20-40-70-38-18-30-48(62(50)70)64-60(66)68(54)52-34-14-16-36-56(52)72(64)44-23-7-2-8-24-44/h1-16,21-28,33-36,41-42H,17-20,29-32,37-40H2. The summed E-state index contributed by atoms with van der Waals surface area (Å²) in [6, 6.07) is 69.7. The van der Waals surface area contributed by atoms with Crippen LogP contribution in [0.4, 0.5) is 79.6 Å². The van der Waals surface area contributed by atoms with Gasteiger partial charge in [0.25, 0.3) is 13.4 Å². The fourth-order valence-electron chi connectivity index (χ4n) is 15.6. The molecule has 8 aliphatic rings. The number of anilines is 14. The Hall–Kier alpha value is -8.09. The summed E-state index contributed by atoms with van der Waals surface area (Å²) in [6.07, 6.45) is 8.95. The molecule has 17 rings (SSSR count). The lowest BCUT2D eigenvalue weighted by Gasteiger charge is -2.51. The molecule has 0 atom stereocenters. The maximum absolute atomic E-state index is 2.76. The fourth-order valence-corrected chi connectivity index (χ4v) is 15.6. The van der Waals surface area contributed by atoms with Crippen molar-refractivity contribution in [2.45, 2.75) is 51.4 Å². The molecule has 8 heterocycles. The molecule has 6 nitrogen and oxygen atoms in total. The van der Waals surface area contributed by atoms with Gasteiger partial charge in [-0.15, -0.1) is 0 Å². The molecule has 0 saturated heterocycles. The van der Waals surface area contributed by atoms with Crippen LogP contribution in [0, 0.1) is 0 Å². The van der Waals surface area contributed by atoms with E-state index in [1.54, 1.807) is 0 Å². The summed E-state index contributed by atoms with van der Waals surface area (Å²) < 4.78 is 0. The third-order valence-corrected chi connectivity index (χ3v) is 18.1. The molecule has 74 heavy (non-hydrogen) atoms. The van der Waals surface area contributed by atoms with E-state index in [1.165, 1.54) is 147 Å². The first kappa shape index (κ1) is 41.4. The molecule has 354 valence electrons. The van der Waals surface area contributed by atoms with E-state index in [-0.39, 0.29) is 13.4 Å². The van der Waals surface area contributed by atoms with Crippen molar-refractivity contribution < 1.29 is 0 Å². The Morgan fingerprint density at radius 3 is 0.905 bits per heavy atom. The third kappa shape index (κ3) is 5.53. The van der Waals surface area contributed by atoms with E-state index in [0.29, 0.717) is 0 Å². The van der Waals surface area contributed by atoms with Crippen molar-refractivity contribution in [3.8, 4) is 0 Å². The second-order valence-corrected chi connectivity index (χ2v) is 21.9. The zero-order valence-electron chi connectivity index (χ0n) is 41.6. The summed E-state index contributed by atoms with van der Waals surface area (Å²) in [5, 5.41) is 0. The smallest absolute Gasteiger partial charge is 0.252 e. The Bertz CT molecular complexity index is 3560. The van der Waals surface area contributed by atoms with Gasteiger partial charge in [0.15, 0.2) is 0 Å². The molecule has 8 heteroatoms. The summed E-state index contributed by atoms with van der Waals surface area (Å²) >= 11 is 0. The first-order chi connectivity index (χ1) is 36.8. The Morgan fingerprint density at radius 2 is 0.568 bits per heavy atom. The van der Waals surface area contributed by atoms with Gasteiger partial charge in [-0.3, -0.25) is 0 Å². The SMILES string of the molecule is c1ccc(N2c3ccccc3B3c4cc5c(cc4N(c4ccccc4)c4c6c7c(c2c43)CCCN7CCC6)N(c2ccccc2)c2c3c4c(c6c2B5c2ccccc2N6c2ccccc2)CCCN4CCC3)cc1. The zero-order valence-corrected chi connectivity index (χ0v) is 41.6. The average molecular weight is 953 g/mol. The number of hydrogen-bond donors (Lipinski definition) is 0. The van der Waals surface area contributed by atoms with Crippen molar-refractivity contribution in [1.82, 2.24) is 0 Å². The van der Waals surface area contributed by atoms with Gasteiger partial charge in [0.05, 0.1) is 0 Å². The second kappa shape index (κ2) is 15.7. The number of hydrogen-bond acceptors (Lipinski definition) is 6. The zero-order chi connectivity index (χ0) is 48.2. The number of para-hydroxylation sites is 6. The Morgan fingerprint density at radius 1 is 0.270 bits per heavy atom. The molecule has 8 aliphatic heterocycles. The minimum atomic E-state index is 0.0132. The first-order valence-electron chi connectivity index (χ1n) is 27.5. The molecule has 9 aromatic rings. The topological polar surface area (TPSA) is 19.4 Å². The molecule has 0 saturated carbocycles. The lowest BCUT2D eigenvalue weighted by Crippen LogP contribution is -2.66. The molecule has 0 aromatic heterocycles. The van der Waals surface area contributed by atoms with Crippen LogP contribution in [0.3, 0.4) is 0 Å². The number of benzene rings is 9. The molecule has 9 aromatic carbocycles. The molecule has 0 radical (unpaired) electrons. The van der Waals surface area contributed by atoms with E-state index in [2.05, 4.69) is 211 Å². The van der Waals surface area contributed by atoms with Gasteiger partial charge in [-0.1, -0.05) is 115 Å². The van der Waals surface area contributed by atoms with Gasteiger partial charge in [-0.2, -0.15) is 0 Å². The maximum atomic E-state index is 2.76. The molecule has 0 fully saturated rings. The van der Waals surface area contributed by atoms with Crippen LogP contribution in [0.25, 0.3) is 0 Å². The summed E-state index contributed by atoms with van der Waals surface area (Å²) in [5.41, 5.74) is 33.3. The molecule has 0 unspecified atom stereocenters. The van der Waals surface area contributed by atoms with E-state index in [1.807, 2.05) is 0 Å². The largest absolute Gasteiger partial charge is 0.371 e. The van der Waals surface area contributed by atoms with Crippen LogP contribution in [0.2, 0.25) is 0 Å². The number of fused-ring (bicyclic) bond motifs is 12. The minimum Gasteiger partial charge on any atom is -0.371 e. The second-order valence-electron chi connectivity index (χ2n) is 21.9. The molecule has 0 spiro atoms. The highest BCUT2D eigenvalue weighted by Crippen LogP contribution is 2.56. The molecular formula is C66H54B2N6. The van der Waals surface area contributed by atoms with Crippen molar-refractivity contribution in [2.24, 2.45) is 0 Å². The highest BCUT2D eigenvalue weighted by Gasteiger charge is 2.52. The van der Waals surface area contributed by atoms with Crippen molar-refractivity contribution in [2.75, 3.05) is 55.6 Å². The van der Waals surface area contributed by atoms with E-state index >= 15 is 0 Å². The minimum absolute atomic E-state index is 0.0132. The normalized spacial score (nSPS) is 16.9. The maximum Gasteiger partial charge on any atom is 0.252 e. The van der Waals surface area contributed by atoms with Crippen LogP contribution in [-0.4, -0.2) is 39.6 Å². The Labute approximate surface area is 434 Å². The Kier molecular flexibility index (Phi) is 8.79. The molecule has 0 amide bonds. The number of nitrogens with zero attached hydrogens (tertiary/aromatic N) is 6. The van der Waals surface area contributed by atoms with Crippen molar-refractivity contribution in [3.63, 3.8) is 0 Å². The predicted octanol–water partition coefficient (Wildman–Crippen LogP) is 11.2. The molecule has 0 bridgehead atoms. The summed E-state index contributed by atoms with van der Waals surface area (Å²) in [5.74, 6) is 0. The summed E-state index contributed by atoms with van der Waals surface area (Å²) in [4.78, 5) is 16.3. The van der Waals surface area contributed by atoms with Crippen LogP contribution < -0.4 is 62.2 Å². The van der Waals surface area contributed by atoms with Crippen molar-refractivity contribution in [3.05, 3.63) is 204 Å². The molecule has 0 aliphatic carbocycles. The van der Waals surface area contributed by atoms with Crippen molar-refractivity contribution in [1.29, 1.82) is 0 Å². The quantitative estimate of drug-likeness (QED) is 0.163. The van der Waals surface area contributed by atoms with Gasteiger partial charge in [-0.25, -0.2) is 0 Å². The monoisotopic (exact) mass is 952 g/mol. The highest BCUT2D eigenvalue weighted by atomic mass is 15.2. The highest BCUT2D eigenvalue weighted by molar-refractivity contribution is 7.03. The van der Waals surface area contributed by atoms with Crippen LogP contribution in [0.1, 0.15) is 47.9 Å². The van der Waals surface area contributed by atoms with Crippen LogP contribution >= 0.6 is 0 Å². The van der Waals surface area contributed by atoms with Gasteiger partial charge in [0, 0.05) is 106 Å². The summed E-state index contributed by atoms with van der Waals surface area (Å²) in [7, 11) is 0. The number of rotatable bonds is 4. The predicted molar refractivity (Wildman–Crippen MR) is 312 cm³/mol. The van der Waals surface area contributed by atoms with Gasteiger partial charge < -0.3 is 29.4 Å². The van der Waals surface area contributed by atoms with Crippen LogP contribution in [0.15, 0.2) is 182 Å². The molecule has 0 N–H and O–H groups in total.